The van der Waals surface area contributed by atoms with Gasteiger partial charge in [0.2, 0.25) is 5.91 Å². The normalized spacial score (nSPS) is 20.4. The minimum Gasteiger partial charge on any atom is -0.490 e. The highest BCUT2D eigenvalue weighted by molar-refractivity contribution is 5.99. The molecule has 4 rings (SSSR count). The van der Waals surface area contributed by atoms with Crippen molar-refractivity contribution in [3.8, 4) is 5.75 Å². The summed E-state index contributed by atoms with van der Waals surface area (Å²) in [5.41, 5.74) is 2.90. The third kappa shape index (κ3) is 2.08. The van der Waals surface area contributed by atoms with Crippen LogP contribution in [-0.4, -0.2) is 35.1 Å². The molecule has 0 bridgehead atoms. The molecule has 6 heteroatoms. The number of nitrogens with one attached hydrogen (secondary N) is 2. The fourth-order valence-electron chi connectivity index (χ4n) is 2.93. The maximum absolute atomic E-state index is 12.8. The molecule has 1 unspecified atom stereocenters. The zero-order valence-corrected chi connectivity index (χ0v) is 11.5. The predicted molar refractivity (Wildman–Crippen MR) is 77.2 cm³/mol. The Kier molecular flexibility index (Phi) is 2.89. The Labute approximate surface area is 122 Å². The number of hydrogen-bond acceptors (Lipinski definition) is 4. The number of hydrogen-bond donors (Lipinski definition) is 2. The summed E-state index contributed by atoms with van der Waals surface area (Å²) in [6.07, 6.45) is 2.31. The fourth-order valence-corrected chi connectivity index (χ4v) is 2.93. The van der Waals surface area contributed by atoms with Crippen LogP contribution < -0.4 is 15.0 Å². The van der Waals surface area contributed by atoms with Crippen LogP contribution in [0.1, 0.15) is 11.4 Å². The van der Waals surface area contributed by atoms with Crippen molar-refractivity contribution in [1.82, 2.24) is 15.3 Å². The summed E-state index contributed by atoms with van der Waals surface area (Å²) in [4.78, 5) is 22.0. The number of H-pyrrole nitrogens is 1. The lowest BCUT2D eigenvalue weighted by Gasteiger charge is -2.33. The van der Waals surface area contributed by atoms with E-state index >= 15 is 0 Å². The van der Waals surface area contributed by atoms with Gasteiger partial charge in [0.05, 0.1) is 36.0 Å². The van der Waals surface area contributed by atoms with E-state index in [4.69, 9.17) is 4.74 Å². The third-order valence-electron chi connectivity index (χ3n) is 4.02. The molecular weight excluding hydrogens is 268 g/mol. The number of ether oxygens (including phenoxy) is 1. The van der Waals surface area contributed by atoms with Gasteiger partial charge in [-0.1, -0.05) is 12.1 Å². The van der Waals surface area contributed by atoms with Gasteiger partial charge in [-0.25, -0.2) is 4.98 Å². The van der Waals surface area contributed by atoms with E-state index in [9.17, 15) is 4.79 Å². The zero-order valence-electron chi connectivity index (χ0n) is 11.5. The van der Waals surface area contributed by atoms with Crippen LogP contribution in [0.4, 0.5) is 5.69 Å². The van der Waals surface area contributed by atoms with Crippen LogP contribution >= 0.6 is 0 Å². The molecule has 2 aromatic rings. The summed E-state index contributed by atoms with van der Waals surface area (Å²) in [6, 6.07) is 7.44. The van der Waals surface area contributed by atoms with Crippen molar-refractivity contribution in [1.29, 1.82) is 0 Å². The van der Waals surface area contributed by atoms with Crippen molar-refractivity contribution in [2.75, 3.05) is 18.1 Å². The van der Waals surface area contributed by atoms with E-state index in [1.54, 1.807) is 6.33 Å². The number of carbonyl (C=O) groups is 1. The van der Waals surface area contributed by atoms with Crippen molar-refractivity contribution in [2.24, 2.45) is 0 Å². The summed E-state index contributed by atoms with van der Waals surface area (Å²) in [6.45, 7) is 1.77. The van der Waals surface area contributed by atoms with Gasteiger partial charge in [-0.3, -0.25) is 10.1 Å². The fraction of sp³-hybridized carbons (Fsp3) is 0.333. The van der Waals surface area contributed by atoms with Crippen LogP contribution in [-0.2, 0) is 17.8 Å². The predicted octanol–water partition coefficient (Wildman–Crippen LogP) is 0.850. The van der Waals surface area contributed by atoms with Gasteiger partial charge in [0.25, 0.3) is 0 Å². The number of nitrogens with zero attached hydrogens (tertiary/aromatic N) is 2. The highest BCUT2D eigenvalue weighted by Gasteiger charge is 2.32. The second-order valence-electron chi connectivity index (χ2n) is 5.27. The quantitative estimate of drug-likeness (QED) is 0.814. The highest BCUT2D eigenvalue weighted by Crippen LogP contribution is 2.31. The third-order valence-corrected chi connectivity index (χ3v) is 4.02. The number of imidazole rings is 1. The van der Waals surface area contributed by atoms with E-state index in [0.717, 1.165) is 22.8 Å². The van der Waals surface area contributed by atoms with Crippen molar-refractivity contribution >= 4 is 11.6 Å². The van der Waals surface area contributed by atoms with Gasteiger partial charge in [0, 0.05) is 13.0 Å². The number of aromatic nitrogens is 2. The highest BCUT2D eigenvalue weighted by atomic mass is 16.5. The summed E-state index contributed by atoms with van der Waals surface area (Å²) < 4.78 is 5.60. The number of rotatable bonds is 1. The van der Waals surface area contributed by atoms with E-state index < -0.39 is 0 Å². The summed E-state index contributed by atoms with van der Waals surface area (Å²) in [5, 5.41) is 3.29. The molecule has 3 heterocycles. The van der Waals surface area contributed by atoms with E-state index in [1.165, 1.54) is 0 Å². The van der Waals surface area contributed by atoms with Crippen molar-refractivity contribution in [3.05, 3.63) is 42.0 Å². The van der Waals surface area contributed by atoms with Crippen molar-refractivity contribution in [3.63, 3.8) is 0 Å². The van der Waals surface area contributed by atoms with Gasteiger partial charge in [0.1, 0.15) is 12.4 Å². The Morgan fingerprint density at radius 2 is 2.29 bits per heavy atom. The average Bonchev–Trinajstić information content (AvgIpc) is 3.01. The monoisotopic (exact) mass is 284 g/mol. The van der Waals surface area contributed by atoms with Crippen molar-refractivity contribution < 1.29 is 9.53 Å². The Morgan fingerprint density at radius 1 is 1.38 bits per heavy atom. The van der Waals surface area contributed by atoms with E-state index in [1.807, 2.05) is 29.2 Å². The molecule has 21 heavy (non-hydrogen) atoms. The lowest BCUT2D eigenvalue weighted by atomic mass is 10.0. The standard InChI is InChI=1S/C15H16N4O2/c20-15(11-7-10-12(8-16-11)18-9-17-10)19-5-6-21-14-4-2-1-3-13(14)19/h1-4,9,11,16H,5-8H2,(H,17,18). The van der Waals surface area contributed by atoms with Crippen molar-refractivity contribution in [2.45, 2.75) is 19.0 Å². The Hall–Kier alpha value is -2.34. The summed E-state index contributed by atoms with van der Waals surface area (Å²) in [5.74, 6) is 0.854. The molecule has 2 N–H and O–H groups in total. The first kappa shape index (κ1) is 12.4. The van der Waals surface area contributed by atoms with Crippen LogP contribution in [0.15, 0.2) is 30.6 Å². The average molecular weight is 284 g/mol. The number of fused-ring (bicyclic) bond motifs is 2. The first-order valence-corrected chi connectivity index (χ1v) is 7.10. The summed E-state index contributed by atoms with van der Waals surface area (Å²) >= 11 is 0. The molecule has 1 amide bonds. The smallest absolute Gasteiger partial charge is 0.244 e. The van der Waals surface area contributed by atoms with E-state index in [2.05, 4.69) is 15.3 Å². The molecule has 0 saturated carbocycles. The Bertz CT molecular complexity index is 682. The van der Waals surface area contributed by atoms with E-state index in [-0.39, 0.29) is 11.9 Å². The van der Waals surface area contributed by atoms with Crippen LogP contribution in [0.2, 0.25) is 0 Å². The first-order chi connectivity index (χ1) is 10.3. The number of carbonyl (C=O) groups excluding carboxylic acids is 1. The first-order valence-electron chi connectivity index (χ1n) is 7.10. The molecule has 108 valence electrons. The molecule has 1 aromatic heterocycles. The van der Waals surface area contributed by atoms with Gasteiger partial charge in [0.15, 0.2) is 0 Å². The van der Waals surface area contributed by atoms with Crippen LogP contribution in [0, 0.1) is 0 Å². The minimum atomic E-state index is -0.230. The molecule has 2 aliphatic rings. The van der Waals surface area contributed by atoms with Gasteiger partial charge >= 0.3 is 0 Å². The Balaban J connectivity index is 1.59. The van der Waals surface area contributed by atoms with Crippen LogP contribution in [0.25, 0.3) is 0 Å². The van der Waals surface area contributed by atoms with Gasteiger partial charge < -0.3 is 14.6 Å². The largest absolute Gasteiger partial charge is 0.490 e. The number of aromatic amines is 1. The van der Waals surface area contributed by atoms with E-state index in [0.29, 0.717) is 26.1 Å². The number of amides is 1. The number of anilines is 1. The van der Waals surface area contributed by atoms with Gasteiger partial charge in [-0.15, -0.1) is 0 Å². The molecule has 0 fully saturated rings. The molecule has 0 radical (unpaired) electrons. The maximum Gasteiger partial charge on any atom is 0.244 e. The molecule has 1 aromatic carbocycles. The molecule has 0 spiro atoms. The molecular formula is C15H16N4O2. The SMILES string of the molecule is O=C(C1Cc2nc[nH]c2CN1)N1CCOc2ccccc21. The maximum atomic E-state index is 12.8. The Morgan fingerprint density at radius 3 is 3.24 bits per heavy atom. The zero-order chi connectivity index (χ0) is 14.2. The summed E-state index contributed by atoms with van der Waals surface area (Å²) in [7, 11) is 0. The van der Waals surface area contributed by atoms with Crippen LogP contribution in [0.5, 0.6) is 5.75 Å². The number of para-hydroxylation sites is 2. The topological polar surface area (TPSA) is 70.2 Å². The molecule has 2 aliphatic heterocycles. The molecule has 1 atom stereocenters. The van der Waals surface area contributed by atoms with Crippen LogP contribution in [0.3, 0.4) is 0 Å². The van der Waals surface area contributed by atoms with Gasteiger partial charge in [-0.2, -0.15) is 0 Å². The molecule has 0 saturated heterocycles. The minimum absolute atomic E-state index is 0.0828. The molecule has 6 nitrogen and oxygen atoms in total. The molecule has 0 aliphatic carbocycles. The number of benzene rings is 1. The lowest BCUT2D eigenvalue weighted by molar-refractivity contribution is -0.121. The van der Waals surface area contributed by atoms with Gasteiger partial charge in [-0.05, 0) is 12.1 Å². The second-order valence-corrected chi connectivity index (χ2v) is 5.27. The lowest BCUT2D eigenvalue weighted by Crippen LogP contribution is -2.51. The second kappa shape index (κ2) is 4.89.